The molecule has 0 unspecified atom stereocenters. The highest BCUT2D eigenvalue weighted by molar-refractivity contribution is 5.83. The number of amides is 2. The van der Waals surface area contributed by atoms with E-state index in [1.54, 1.807) is 4.90 Å². The van der Waals surface area contributed by atoms with Crippen LogP contribution in [0.15, 0.2) is 48.5 Å². The molecule has 0 radical (unpaired) electrons. The largest absolute Gasteiger partial charge is 0.481 e. The van der Waals surface area contributed by atoms with Crippen molar-refractivity contribution in [3.8, 4) is 11.1 Å². The topological polar surface area (TPSA) is 105 Å². The molecule has 1 heterocycles. The predicted octanol–water partition coefficient (Wildman–Crippen LogP) is 3.78. The molecule has 2 aliphatic rings. The third-order valence-corrected chi connectivity index (χ3v) is 6.68. The van der Waals surface area contributed by atoms with E-state index in [9.17, 15) is 14.4 Å². The second-order valence-electron chi connectivity index (χ2n) is 9.28. The first-order chi connectivity index (χ1) is 16.9. The van der Waals surface area contributed by atoms with Gasteiger partial charge in [0.2, 0.25) is 0 Å². The summed E-state index contributed by atoms with van der Waals surface area (Å²) >= 11 is 0. The molecule has 2 aromatic carbocycles. The quantitative estimate of drug-likeness (QED) is 0.566. The predicted molar refractivity (Wildman–Crippen MR) is 130 cm³/mol. The number of rotatable bonds is 9. The molecule has 1 aliphatic heterocycles. The molecule has 35 heavy (non-hydrogen) atoms. The maximum atomic E-state index is 13.2. The number of fused-ring (bicyclic) bond motifs is 3. The molecule has 0 saturated carbocycles. The van der Waals surface area contributed by atoms with Gasteiger partial charge in [-0.05, 0) is 48.9 Å². The number of alkyl carbamates (subject to hydrolysis) is 1. The smallest absolute Gasteiger partial charge is 0.407 e. The van der Waals surface area contributed by atoms with E-state index in [1.807, 2.05) is 38.1 Å². The SMILES string of the molecule is CC(C)N(CCCC(=O)O)C(=O)[C@@H]1OCC[C@@H]1NC(=O)OCC1c2ccccc2-c2ccccc21. The first kappa shape index (κ1) is 24.7. The summed E-state index contributed by atoms with van der Waals surface area (Å²) in [5.41, 5.74) is 4.58. The minimum atomic E-state index is -0.895. The van der Waals surface area contributed by atoms with Crippen molar-refractivity contribution in [2.45, 2.75) is 57.2 Å². The van der Waals surface area contributed by atoms with Gasteiger partial charge < -0.3 is 24.8 Å². The van der Waals surface area contributed by atoms with E-state index in [-0.39, 0.29) is 30.9 Å². The number of nitrogens with one attached hydrogen (secondary N) is 1. The van der Waals surface area contributed by atoms with Crippen LogP contribution < -0.4 is 5.32 Å². The minimum Gasteiger partial charge on any atom is -0.481 e. The first-order valence-electron chi connectivity index (χ1n) is 12.1. The summed E-state index contributed by atoms with van der Waals surface area (Å²) in [6.45, 7) is 4.62. The monoisotopic (exact) mass is 480 g/mol. The molecule has 0 spiro atoms. The van der Waals surface area contributed by atoms with Gasteiger partial charge in [-0.2, -0.15) is 0 Å². The number of benzene rings is 2. The van der Waals surface area contributed by atoms with Crippen molar-refractivity contribution >= 4 is 18.0 Å². The normalized spacial score (nSPS) is 18.7. The number of hydrogen-bond acceptors (Lipinski definition) is 5. The van der Waals surface area contributed by atoms with E-state index in [0.717, 1.165) is 22.3 Å². The maximum absolute atomic E-state index is 13.2. The van der Waals surface area contributed by atoms with Crippen molar-refractivity contribution in [1.29, 1.82) is 0 Å². The summed E-state index contributed by atoms with van der Waals surface area (Å²) in [5.74, 6) is -1.18. The van der Waals surface area contributed by atoms with E-state index in [4.69, 9.17) is 14.6 Å². The number of hydrogen-bond donors (Lipinski definition) is 2. The van der Waals surface area contributed by atoms with E-state index in [1.165, 1.54) is 0 Å². The zero-order valence-corrected chi connectivity index (χ0v) is 20.1. The Morgan fingerprint density at radius 1 is 1.09 bits per heavy atom. The molecular formula is C27H32N2O6. The number of aliphatic carboxylic acids is 1. The molecule has 4 rings (SSSR count). The van der Waals surface area contributed by atoms with E-state index >= 15 is 0 Å². The Balaban J connectivity index is 1.36. The van der Waals surface area contributed by atoms with Crippen LogP contribution in [0.2, 0.25) is 0 Å². The van der Waals surface area contributed by atoms with Crippen molar-refractivity contribution in [3.05, 3.63) is 59.7 Å². The van der Waals surface area contributed by atoms with Crippen LogP contribution >= 0.6 is 0 Å². The number of ether oxygens (including phenoxy) is 2. The molecule has 1 saturated heterocycles. The average Bonchev–Trinajstić information content (AvgIpc) is 3.42. The Hall–Kier alpha value is -3.39. The fraction of sp³-hybridized carbons (Fsp3) is 0.444. The van der Waals surface area contributed by atoms with Crippen molar-refractivity contribution in [2.24, 2.45) is 0 Å². The Morgan fingerprint density at radius 3 is 2.31 bits per heavy atom. The van der Waals surface area contributed by atoms with Gasteiger partial charge in [0.1, 0.15) is 6.61 Å². The number of carbonyl (C=O) groups is 3. The molecule has 2 atom stereocenters. The first-order valence-corrected chi connectivity index (χ1v) is 12.1. The van der Waals surface area contributed by atoms with Crippen LogP contribution in [-0.2, 0) is 19.1 Å². The van der Waals surface area contributed by atoms with Crippen LogP contribution in [0.4, 0.5) is 4.79 Å². The summed E-state index contributed by atoms with van der Waals surface area (Å²) in [5, 5.41) is 11.7. The lowest BCUT2D eigenvalue weighted by molar-refractivity contribution is -0.144. The molecular weight excluding hydrogens is 448 g/mol. The molecule has 186 valence electrons. The summed E-state index contributed by atoms with van der Waals surface area (Å²) < 4.78 is 11.3. The Bertz CT molecular complexity index is 1040. The van der Waals surface area contributed by atoms with Gasteiger partial charge in [-0.25, -0.2) is 4.79 Å². The minimum absolute atomic E-state index is 0.0105. The third-order valence-electron chi connectivity index (χ3n) is 6.68. The lowest BCUT2D eigenvalue weighted by Crippen LogP contribution is -2.51. The highest BCUT2D eigenvalue weighted by Crippen LogP contribution is 2.44. The maximum Gasteiger partial charge on any atom is 0.407 e. The van der Waals surface area contributed by atoms with Gasteiger partial charge in [0.15, 0.2) is 6.10 Å². The van der Waals surface area contributed by atoms with Crippen molar-refractivity contribution in [2.75, 3.05) is 19.8 Å². The third kappa shape index (κ3) is 5.48. The standard InChI is InChI=1S/C27H32N2O6/c1-17(2)29(14-7-12-24(30)31)26(32)25-23(13-15-34-25)28-27(33)35-16-22-20-10-5-3-8-18(20)19-9-4-6-11-21(19)22/h3-6,8-11,17,22-23,25H,7,12-16H2,1-2H3,(H,28,33)(H,30,31)/t23-,25+/m0/s1. The highest BCUT2D eigenvalue weighted by Gasteiger charge is 2.39. The lowest BCUT2D eigenvalue weighted by atomic mass is 9.98. The van der Waals surface area contributed by atoms with Crippen LogP contribution in [0.5, 0.6) is 0 Å². The van der Waals surface area contributed by atoms with Crippen LogP contribution in [0.25, 0.3) is 11.1 Å². The second kappa shape index (κ2) is 10.9. The van der Waals surface area contributed by atoms with E-state index in [0.29, 0.717) is 26.0 Å². The highest BCUT2D eigenvalue weighted by atomic mass is 16.6. The van der Waals surface area contributed by atoms with Crippen LogP contribution in [0, 0.1) is 0 Å². The lowest BCUT2D eigenvalue weighted by Gasteiger charge is -2.31. The van der Waals surface area contributed by atoms with Crippen molar-refractivity contribution in [3.63, 3.8) is 0 Å². The average molecular weight is 481 g/mol. The van der Waals surface area contributed by atoms with E-state index < -0.39 is 24.2 Å². The van der Waals surface area contributed by atoms with Crippen LogP contribution in [0.3, 0.4) is 0 Å². The molecule has 0 aromatic heterocycles. The Morgan fingerprint density at radius 2 is 1.71 bits per heavy atom. The van der Waals surface area contributed by atoms with Gasteiger partial charge in [0, 0.05) is 31.5 Å². The molecule has 2 N–H and O–H groups in total. The number of carbonyl (C=O) groups excluding carboxylic acids is 2. The number of carboxylic acids is 1. The van der Waals surface area contributed by atoms with Crippen molar-refractivity contribution in [1.82, 2.24) is 10.2 Å². The van der Waals surface area contributed by atoms with Gasteiger partial charge in [-0.1, -0.05) is 48.5 Å². The molecule has 8 nitrogen and oxygen atoms in total. The molecule has 8 heteroatoms. The molecule has 1 fully saturated rings. The van der Waals surface area contributed by atoms with E-state index in [2.05, 4.69) is 29.6 Å². The van der Waals surface area contributed by atoms with Gasteiger partial charge in [-0.15, -0.1) is 0 Å². The summed E-state index contributed by atoms with van der Waals surface area (Å²) in [6, 6.07) is 15.7. The zero-order chi connectivity index (χ0) is 24.9. The fourth-order valence-corrected chi connectivity index (χ4v) is 4.96. The van der Waals surface area contributed by atoms with Gasteiger partial charge in [0.05, 0.1) is 6.04 Å². The van der Waals surface area contributed by atoms with Gasteiger partial charge in [-0.3, -0.25) is 9.59 Å². The summed E-state index contributed by atoms with van der Waals surface area (Å²) in [7, 11) is 0. The van der Waals surface area contributed by atoms with Gasteiger partial charge in [0.25, 0.3) is 5.91 Å². The molecule has 1 aliphatic carbocycles. The molecule has 0 bridgehead atoms. The number of nitrogens with zero attached hydrogens (tertiary/aromatic N) is 1. The zero-order valence-electron chi connectivity index (χ0n) is 20.1. The van der Waals surface area contributed by atoms with Crippen LogP contribution in [-0.4, -0.2) is 65.9 Å². The molecule has 2 aromatic rings. The Labute approximate surface area is 205 Å². The second-order valence-corrected chi connectivity index (χ2v) is 9.28. The van der Waals surface area contributed by atoms with Crippen molar-refractivity contribution < 1.29 is 29.0 Å². The van der Waals surface area contributed by atoms with Gasteiger partial charge >= 0.3 is 12.1 Å². The Kier molecular flexibility index (Phi) is 7.70. The summed E-state index contributed by atoms with van der Waals surface area (Å²) in [4.78, 5) is 38.3. The summed E-state index contributed by atoms with van der Waals surface area (Å²) in [6.07, 6.45) is -0.550. The molecule has 2 amide bonds. The number of carboxylic acid groups (broad SMARTS) is 1. The van der Waals surface area contributed by atoms with Crippen LogP contribution in [0.1, 0.15) is 50.2 Å². The fourth-order valence-electron chi connectivity index (χ4n) is 4.96.